The van der Waals surface area contributed by atoms with Crippen molar-refractivity contribution in [1.82, 2.24) is 15.6 Å². The summed E-state index contributed by atoms with van der Waals surface area (Å²) in [6, 6.07) is 7.94. The summed E-state index contributed by atoms with van der Waals surface area (Å²) in [4.78, 5) is 6.89. The second-order valence-corrected chi connectivity index (χ2v) is 7.12. The first-order valence-corrected chi connectivity index (χ1v) is 9.13. The fraction of sp³-hybridized carbons (Fsp3) is 0.722. The van der Waals surface area contributed by atoms with E-state index < -0.39 is 0 Å². The summed E-state index contributed by atoms with van der Waals surface area (Å²) >= 11 is 0. The molecule has 23 heavy (non-hydrogen) atoms. The molecule has 1 aromatic rings. The van der Waals surface area contributed by atoms with Crippen LogP contribution in [-0.4, -0.2) is 56.0 Å². The Kier molecular flexibility index (Phi) is 4.78. The van der Waals surface area contributed by atoms with Crippen LogP contribution in [0.1, 0.15) is 25.7 Å². The number of nitrogens with one attached hydrogen (secondary N) is 2. The van der Waals surface area contributed by atoms with E-state index in [4.69, 9.17) is 4.74 Å². The molecule has 0 amide bonds. The van der Waals surface area contributed by atoms with Gasteiger partial charge in [0, 0.05) is 44.0 Å². The van der Waals surface area contributed by atoms with Gasteiger partial charge in [0.2, 0.25) is 0 Å². The summed E-state index contributed by atoms with van der Waals surface area (Å²) in [5, 5.41) is 7.63. The van der Waals surface area contributed by atoms with Gasteiger partial charge >= 0.3 is 0 Å². The van der Waals surface area contributed by atoms with Gasteiger partial charge in [-0.15, -0.1) is 0 Å². The first kappa shape index (κ1) is 15.4. The lowest BCUT2D eigenvalue weighted by molar-refractivity contribution is 0.0518. The minimum Gasteiger partial charge on any atom is -0.379 e. The van der Waals surface area contributed by atoms with Crippen molar-refractivity contribution in [1.29, 1.82) is 0 Å². The Morgan fingerprint density at radius 3 is 3.09 bits per heavy atom. The number of anilines is 1. The third-order valence-electron chi connectivity index (χ3n) is 5.65. The number of aromatic nitrogens is 1. The van der Waals surface area contributed by atoms with Crippen LogP contribution in [0.15, 0.2) is 24.4 Å². The molecule has 4 unspecified atom stereocenters. The summed E-state index contributed by atoms with van der Waals surface area (Å²) < 4.78 is 5.68. The first-order valence-electron chi connectivity index (χ1n) is 9.13. The first-order chi connectivity index (χ1) is 11.4. The largest absolute Gasteiger partial charge is 0.379 e. The Morgan fingerprint density at radius 2 is 2.26 bits per heavy atom. The smallest absolute Gasteiger partial charge is 0.128 e. The molecule has 2 saturated heterocycles. The van der Waals surface area contributed by atoms with Gasteiger partial charge in [-0.25, -0.2) is 4.98 Å². The van der Waals surface area contributed by atoms with Crippen LogP contribution < -0.4 is 15.5 Å². The molecule has 1 aromatic heterocycles. The average Bonchev–Trinajstić information content (AvgIpc) is 3.26. The highest BCUT2D eigenvalue weighted by atomic mass is 16.5. The molecule has 1 aliphatic carbocycles. The zero-order chi connectivity index (χ0) is 15.5. The molecule has 126 valence electrons. The number of hydrogen-bond acceptors (Lipinski definition) is 5. The van der Waals surface area contributed by atoms with E-state index in [1.807, 2.05) is 12.3 Å². The number of ether oxygens (including phenoxy) is 1. The van der Waals surface area contributed by atoms with E-state index in [9.17, 15) is 0 Å². The van der Waals surface area contributed by atoms with Crippen molar-refractivity contribution >= 4 is 5.82 Å². The minimum absolute atomic E-state index is 0.539. The second-order valence-electron chi connectivity index (χ2n) is 7.12. The Balaban J connectivity index is 1.33. The van der Waals surface area contributed by atoms with E-state index in [1.165, 1.54) is 25.7 Å². The molecule has 4 rings (SSSR count). The second kappa shape index (κ2) is 7.16. The van der Waals surface area contributed by atoms with Crippen molar-refractivity contribution in [2.45, 2.75) is 43.8 Å². The Morgan fingerprint density at radius 1 is 1.26 bits per heavy atom. The molecule has 0 bridgehead atoms. The molecule has 1 saturated carbocycles. The van der Waals surface area contributed by atoms with Crippen molar-refractivity contribution in [2.24, 2.45) is 5.92 Å². The Bertz CT molecular complexity index is 491. The highest BCUT2D eigenvalue weighted by Gasteiger charge is 2.36. The predicted molar refractivity (Wildman–Crippen MR) is 91.7 cm³/mol. The third kappa shape index (κ3) is 3.52. The number of rotatable bonds is 4. The summed E-state index contributed by atoms with van der Waals surface area (Å²) in [5.74, 6) is 1.83. The maximum Gasteiger partial charge on any atom is 0.128 e. The fourth-order valence-electron chi connectivity index (χ4n) is 4.49. The minimum atomic E-state index is 0.539. The lowest BCUT2D eigenvalue weighted by Crippen LogP contribution is -2.52. The van der Waals surface area contributed by atoms with Crippen molar-refractivity contribution < 1.29 is 4.74 Å². The lowest BCUT2D eigenvalue weighted by atomic mass is 9.93. The standard InChI is InChI=1S/C18H28N4O/c1-2-8-20-18(6-1)22-10-7-14(12-22)21-16-5-3-4-15(16)17-13-23-11-9-19-17/h1-2,6,8,14-17,19,21H,3-5,7,9-13H2. The normalized spacial score (nSPS) is 34.9. The zero-order valence-corrected chi connectivity index (χ0v) is 13.8. The van der Waals surface area contributed by atoms with E-state index in [2.05, 4.69) is 32.7 Å². The van der Waals surface area contributed by atoms with Gasteiger partial charge in [-0.2, -0.15) is 0 Å². The highest BCUT2D eigenvalue weighted by Crippen LogP contribution is 2.30. The van der Waals surface area contributed by atoms with Gasteiger partial charge in [0.05, 0.1) is 13.2 Å². The van der Waals surface area contributed by atoms with Crippen molar-refractivity contribution in [3.8, 4) is 0 Å². The van der Waals surface area contributed by atoms with Crippen LogP contribution in [0, 0.1) is 5.92 Å². The van der Waals surface area contributed by atoms with Crippen LogP contribution in [0.2, 0.25) is 0 Å². The molecule has 4 atom stereocenters. The van der Waals surface area contributed by atoms with Crippen molar-refractivity contribution in [2.75, 3.05) is 37.7 Å². The molecule has 5 heteroatoms. The zero-order valence-electron chi connectivity index (χ0n) is 13.8. The fourth-order valence-corrected chi connectivity index (χ4v) is 4.49. The average molecular weight is 316 g/mol. The van der Waals surface area contributed by atoms with E-state index in [0.717, 1.165) is 44.6 Å². The van der Waals surface area contributed by atoms with Crippen LogP contribution in [0.25, 0.3) is 0 Å². The Hall–Kier alpha value is -1.17. The molecule has 5 nitrogen and oxygen atoms in total. The maximum atomic E-state index is 5.68. The van der Waals surface area contributed by atoms with Gasteiger partial charge in [-0.1, -0.05) is 12.5 Å². The molecule has 2 aliphatic heterocycles. The summed E-state index contributed by atoms with van der Waals surface area (Å²) in [7, 11) is 0. The lowest BCUT2D eigenvalue weighted by Gasteiger charge is -2.34. The topological polar surface area (TPSA) is 49.4 Å². The highest BCUT2D eigenvalue weighted by molar-refractivity contribution is 5.39. The summed E-state index contributed by atoms with van der Waals surface area (Å²) in [6.07, 6.45) is 7.09. The number of morpholine rings is 1. The number of nitrogens with zero attached hydrogens (tertiary/aromatic N) is 2. The van der Waals surface area contributed by atoms with Crippen LogP contribution in [0.5, 0.6) is 0 Å². The van der Waals surface area contributed by atoms with Crippen molar-refractivity contribution in [3.05, 3.63) is 24.4 Å². The quantitative estimate of drug-likeness (QED) is 0.879. The van der Waals surface area contributed by atoms with Crippen LogP contribution in [0.4, 0.5) is 5.82 Å². The number of hydrogen-bond donors (Lipinski definition) is 2. The molecule has 0 spiro atoms. The molecule has 2 N–H and O–H groups in total. The van der Waals surface area contributed by atoms with E-state index in [0.29, 0.717) is 18.1 Å². The van der Waals surface area contributed by atoms with Crippen LogP contribution in [0.3, 0.4) is 0 Å². The van der Waals surface area contributed by atoms with E-state index in [1.54, 1.807) is 0 Å². The Labute approximate surface area is 138 Å². The molecule has 0 aromatic carbocycles. The van der Waals surface area contributed by atoms with Gasteiger partial charge in [0.1, 0.15) is 5.82 Å². The van der Waals surface area contributed by atoms with Crippen LogP contribution in [-0.2, 0) is 4.74 Å². The van der Waals surface area contributed by atoms with Gasteiger partial charge in [-0.3, -0.25) is 0 Å². The third-order valence-corrected chi connectivity index (χ3v) is 5.65. The summed E-state index contributed by atoms with van der Waals surface area (Å²) in [5.41, 5.74) is 0. The van der Waals surface area contributed by atoms with Crippen LogP contribution >= 0.6 is 0 Å². The molecular formula is C18H28N4O. The SMILES string of the molecule is c1ccc(N2CCC(NC3CCCC3C3COCCN3)C2)nc1. The van der Waals surface area contributed by atoms with Gasteiger partial charge < -0.3 is 20.3 Å². The number of pyridine rings is 1. The molecule has 3 fully saturated rings. The molecule has 3 heterocycles. The monoisotopic (exact) mass is 316 g/mol. The predicted octanol–water partition coefficient (Wildman–Crippen LogP) is 1.41. The van der Waals surface area contributed by atoms with Crippen molar-refractivity contribution in [3.63, 3.8) is 0 Å². The van der Waals surface area contributed by atoms with E-state index >= 15 is 0 Å². The molecule has 3 aliphatic rings. The molecule has 0 radical (unpaired) electrons. The summed E-state index contributed by atoms with van der Waals surface area (Å²) in [6.45, 7) is 4.94. The molecular weight excluding hydrogens is 288 g/mol. The van der Waals surface area contributed by atoms with E-state index in [-0.39, 0.29) is 0 Å². The van der Waals surface area contributed by atoms with Gasteiger partial charge in [-0.05, 0) is 37.3 Å². The van der Waals surface area contributed by atoms with Gasteiger partial charge in [0.15, 0.2) is 0 Å². The van der Waals surface area contributed by atoms with Gasteiger partial charge in [0.25, 0.3) is 0 Å². The maximum absolute atomic E-state index is 5.68.